The number of carbonyl (C=O) groups excluding carboxylic acids is 1. The number of nitrogens with one attached hydrogen (secondary N) is 1. The van der Waals surface area contributed by atoms with Crippen LogP contribution >= 0.6 is 0 Å². The maximum atomic E-state index is 12.5. The highest BCUT2D eigenvalue weighted by atomic mass is 16.5. The molecule has 3 rings (SSSR count). The molecular formula is C17H23NO2. The minimum absolute atomic E-state index is 0.329. The van der Waals surface area contributed by atoms with Crippen molar-refractivity contribution in [2.24, 2.45) is 17.3 Å². The van der Waals surface area contributed by atoms with Gasteiger partial charge >= 0.3 is 0 Å². The van der Waals surface area contributed by atoms with Crippen LogP contribution in [0.5, 0.6) is 5.75 Å². The van der Waals surface area contributed by atoms with Crippen molar-refractivity contribution in [3.05, 3.63) is 24.3 Å². The Balaban J connectivity index is 1.84. The van der Waals surface area contributed by atoms with Gasteiger partial charge in [-0.25, -0.2) is 0 Å². The van der Waals surface area contributed by atoms with Crippen molar-refractivity contribution in [3.63, 3.8) is 0 Å². The van der Waals surface area contributed by atoms with Gasteiger partial charge in [-0.2, -0.15) is 0 Å². The molecule has 0 amide bonds. The zero-order valence-electron chi connectivity index (χ0n) is 12.7. The number of anilines is 1. The first-order chi connectivity index (χ1) is 9.38. The highest BCUT2D eigenvalue weighted by molar-refractivity contribution is 5.93. The molecule has 2 aliphatic rings. The summed E-state index contributed by atoms with van der Waals surface area (Å²) >= 11 is 0. The number of hydrogen-bond acceptors (Lipinski definition) is 3. The first-order valence-corrected chi connectivity index (χ1v) is 7.33. The smallest absolute Gasteiger partial charge is 0.158 e. The molecule has 3 atom stereocenters. The molecule has 0 aromatic heterocycles. The molecule has 2 aliphatic carbocycles. The molecule has 2 fully saturated rings. The second kappa shape index (κ2) is 4.24. The van der Waals surface area contributed by atoms with Crippen LogP contribution in [0, 0.1) is 17.3 Å². The van der Waals surface area contributed by atoms with Crippen LogP contribution in [0.15, 0.2) is 24.3 Å². The van der Waals surface area contributed by atoms with Crippen molar-refractivity contribution in [2.45, 2.75) is 39.2 Å². The Labute approximate surface area is 120 Å². The van der Waals surface area contributed by atoms with Gasteiger partial charge in [-0.3, -0.25) is 4.79 Å². The normalized spacial score (nSPS) is 34.3. The molecule has 0 heterocycles. The van der Waals surface area contributed by atoms with Crippen molar-refractivity contribution in [2.75, 3.05) is 12.4 Å². The van der Waals surface area contributed by atoms with E-state index in [-0.39, 0.29) is 0 Å². The highest BCUT2D eigenvalue weighted by Crippen LogP contribution is 2.65. The average Bonchev–Trinajstić information content (AvgIpc) is 2.91. The molecule has 3 nitrogen and oxygen atoms in total. The molecule has 0 bridgehead atoms. The van der Waals surface area contributed by atoms with E-state index >= 15 is 0 Å². The van der Waals surface area contributed by atoms with Crippen LogP contribution in [0.25, 0.3) is 0 Å². The second-order valence-corrected chi connectivity index (χ2v) is 7.02. The van der Waals surface area contributed by atoms with Crippen LogP contribution in [0.3, 0.4) is 0 Å². The number of hydrogen-bond donors (Lipinski definition) is 1. The molecule has 0 spiro atoms. The fraction of sp³-hybridized carbons (Fsp3) is 0.588. The zero-order chi connectivity index (χ0) is 14.5. The van der Waals surface area contributed by atoms with E-state index in [2.05, 4.69) is 19.2 Å². The summed E-state index contributed by atoms with van der Waals surface area (Å²) in [4.78, 5) is 12.5. The van der Waals surface area contributed by atoms with Gasteiger partial charge in [0.05, 0.1) is 18.3 Å². The van der Waals surface area contributed by atoms with Crippen LogP contribution in [0.2, 0.25) is 0 Å². The predicted octanol–water partition coefficient (Wildman–Crippen LogP) is 3.50. The number of rotatable bonds is 3. The molecule has 0 saturated heterocycles. The summed E-state index contributed by atoms with van der Waals surface area (Å²) in [6.07, 6.45) is 1.62. The van der Waals surface area contributed by atoms with Crippen LogP contribution in [-0.2, 0) is 4.79 Å². The molecule has 2 saturated carbocycles. The van der Waals surface area contributed by atoms with E-state index in [1.807, 2.05) is 31.2 Å². The Hall–Kier alpha value is -1.51. The first kappa shape index (κ1) is 13.5. The quantitative estimate of drug-likeness (QED) is 0.916. The molecule has 0 aliphatic heterocycles. The van der Waals surface area contributed by atoms with E-state index in [1.54, 1.807) is 7.11 Å². The van der Waals surface area contributed by atoms with E-state index in [1.165, 1.54) is 0 Å². The Morgan fingerprint density at radius 2 is 1.90 bits per heavy atom. The lowest BCUT2D eigenvalue weighted by molar-refractivity contribution is -0.124. The Morgan fingerprint density at radius 3 is 2.60 bits per heavy atom. The fourth-order valence-corrected chi connectivity index (χ4v) is 3.81. The van der Waals surface area contributed by atoms with Crippen LogP contribution in [-0.4, -0.2) is 18.4 Å². The molecule has 1 aromatic rings. The average molecular weight is 273 g/mol. The Bertz CT molecular complexity index is 552. The number of ketones is 1. The van der Waals surface area contributed by atoms with Crippen LogP contribution < -0.4 is 10.1 Å². The lowest BCUT2D eigenvalue weighted by Gasteiger charge is -2.34. The summed E-state index contributed by atoms with van der Waals surface area (Å²) in [7, 11) is 1.66. The minimum atomic E-state index is -0.469. The third-order valence-electron chi connectivity index (χ3n) is 5.45. The van der Waals surface area contributed by atoms with Crippen LogP contribution in [0.4, 0.5) is 5.69 Å². The number of Topliss-reactive ketones (excluding diaryl/α,β-unsaturated/α-hetero) is 1. The lowest BCUT2D eigenvalue weighted by Crippen LogP contribution is -2.46. The predicted molar refractivity (Wildman–Crippen MR) is 80.0 cm³/mol. The van der Waals surface area contributed by atoms with Crippen molar-refractivity contribution in [3.8, 4) is 5.75 Å². The van der Waals surface area contributed by atoms with Gasteiger partial charge in [0.25, 0.3) is 0 Å². The van der Waals surface area contributed by atoms with Gasteiger partial charge < -0.3 is 10.1 Å². The SMILES string of the molecule is COc1ccccc1NC1(C)CC2C(CC1=O)C2(C)C. The largest absolute Gasteiger partial charge is 0.495 e. The minimum Gasteiger partial charge on any atom is -0.495 e. The van der Waals surface area contributed by atoms with Gasteiger partial charge in [-0.15, -0.1) is 0 Å². The highest BCUT2D eigenvalue weighted by Gasteiger charge is 2.64. The molecule has 108 valence electrons. The summed E-state index contributed by atoms with van der Waals surface area (Å²) < 4.78 is 5.37. The third kappa shape index (κ3) is 1.91. The number of ether oxygens (including phenoxy) is 1. The summed E-state index contributed by atoms with van der Waals surface area (Å²) in [5.74, 6) is 2.36. The van der Waals surface area contributed by atoms with Crippen molar-refractivity contribution in [1.29, 1.82) is 0 Å². The number of carbonyl (C=O) groups is 1. The van der Waals surface area contributed by atoms with Crippen molar-refractivity contribution >= 4 is 11.5 Å². The van der Waals surface area contributed by atoms with E-state index in [0.717, 1.165) is 17.9 Å². The maximum Gasteiger partial charge on any atom is 0.158 e. The van der Waals surface area contributed by atoms with Gasteiger partial charge in [0, 0.05) is 6.42 Å². The molecule has 1 aromatic carbocycles. The lowest BCUT2D eigenvalue weighted by atomic mass is 9.82. The zero-order valence-corrected chi connectivity index (χ0v) is 12.7. The van der Waals surface area contributed by atoms with Crippen molar-refractivity contribution < 1.29 is 9.53 Å². The Kier molecular flexibility index (Phi) is 2.86. The molecule has 3 heteroatoms. The summed E-state index contributed by atoms with van der Waals surface area (Å²) in [5.41, 5.74) is 0.766. The summed E-state index contributed by atoms with van der Waals surface area (Å²) in [5, 5.41) is 3.45. The second-order valence-electron chi connectivity index (χ2n) is 7.02. The van der Waals surface area contributed by atoms with Gasteiger partial charge in [0.15, 0.2) is 5.78 Å². The number of para-hydroxylation sites is 2. The van der Waals surface area contributed by atoms with E-state index in [0.29, 0.717) is 29.5 Å². The van der Waals surface area contributed by atoms with Crippen LogP contribution in [0.1, 0.15) is 33.6 Å². The summed E-state index contributed by atoms with van der Waals surface area (Å²) in [6, 6.07) is 7.80. The van der Waals surface area contributed by atoms with E-state index in [4.69, 9.17) is 4.74 Å². The maximum absolute atomic E-state index is 12.5. The number of fused-ring (bicyclic) bond motifs is 1. The number of methoxy groups -OCH3 is 1. The monoisotopic (exact) mass is 273 g/mol. The topological polar surface area (TPSA) is 38.3 Å². The van der Waals surface area contributed by atoms with Gasteiger partial charge in [-0.1, -0.05) is 26.0 Å². The molecule has 3 unspecified atom stereocenters. The van der Waals surface area contributed by atoms with E-state index < -0.39 is 5.54 Å². The first-order valence-electron chi connectivity index (χ1n) is 7.33. The molecule has 0 radical (unpaired) electrons. The molecular weight excluding hydrogens is 250 g/mol. The van der Waals surface area contributed by atoms with Gasteiger partial charge in [0.1, 0.15) is 5.75 Å². The summed E-state index contributed by atoms with van der Waals surface area (Å²) in [6.45, 7) is 6.60. The standard InChI is InChI=1S/C17H23NO2/c1-16(2)11-9-15(19)17(3,10-12(11)16)18-13-7-5-6-8-14(13)20-4/h5-8,11-12,18H,9-10H2,1-4H3. The fourth-order valence-electron chi connectivity index (χ4n) is 3.81. The van der Waals surface area contributed by atoms with Gasteiger partial charge in [0.2, 0.25) is 0 Å². The van der Waals surface area contributed by atoms with Gasteiger partial charge in [-0.05, 0) is 42.7 Å². The third-order valence-corrected chi connectivity index (χ3v) is 5.45. The molecule has 1 N–H and O–H groups in total. The number of benzene rings is 1. The van der Waals surface area contributed by atoms with E-state index in [9.17, 15) is 4.79 Å². The molecule has 20 heavy (non-hydrogen) atoms. The van der Waals surface area contributed by atoms with Crippen molar-refractivity contribution in [1.82, 2.24) is 0 Å². The Morgan fingerprint density at radius 1 is 1.20 bits per heavy atom.